The van der Waals surface area contributed by atoms with Crippen LogP contribution in [0.25, 0.3) is 0 Å². The smallest absolute Gasteiger partial charge is 0.312 e. The Morgan fingerprint density at radius 2 is 1.58 bits per heavy atom. The van der Waals surface area contributed by atoms with E-state index in [1.54, 1.807) is 38.1 Å². The van der Waals surface area contributed by atoms with E-state index in [1.807, 2.05) is 41.5 Å². The van der Waals surface area contributed by atoms with Crippen LogP contribution in [-0.4, -0.2) is 71.6 Å². The third kappa shape index (κ3) is 13.9. The van der Waals surface area contributed by atoms with Gasteiger partial charge in [-0.15, -0.1) is 0 Å². The summed E-state index contributed by atoms with van der Waals surface area (Å²) in [6.45, 7) is 15.6. The normalized spacial score (nSPS) is 15.9. The van der Waals surface area contributed by atoms with Crippen molar-refractivity contribution in [3.8, 4) is 0 Å². The van der Waals surface area contributed by atoms with E-state index in [0.29, 0.717) is 44.3 Å². The van der Waals surface area contributed by atoms with Gasteiger partial charge in [-0.3, -0.25) is 33.7 Å². The van der Waals surface area contributed by atoms with Crippen LogP contribution >= 0.6 is 0 Å². The number of rotatable bonds is 20. The zero-order valence-electron chi connectivity index (χ0n) is 32.2. The summed E-state index contributed by atoms with van der Waals surface area (Å²) in [5, 5.41) is 10.8. The van der Waals surface area contributed by atoms with Gasteiger partial charge in [-0.2, -0.15) is 0 Å². The van der Waals surface area contributed by atoms with Crippen molar-refractivity contribution in [3.05, 3.63) is 29.8 Å². The van der Waals surface area contributed by atoms with Crippen LogP contribution in [0.15, 0.2) is 24.3 Å². The van der Waals surface area contributed by atoms with Crippen LogP contribution in [0.2, 0.25) is 0 Å². The van der Waals surface area contributed by atoms with Gasteiger partial charge in [-0.25, -0.2) is 4.79 Å². The molecule has 52 heavy (non-hydrogen) atoms. The van der Waals surface area contributed by atoms with E-state index in [4.69, 9.17) is 10.5 Å². The van der Waals surface area contributed by atoms with Gasteiger partial charge in [-0.05, 0) is 75.0 Å². The number of anilines is 1. The molecule has 1 fully saturated rings. The van der Waals surface area contributed by atoms with Crippen LogP contribution < -0.4 is 27.0 Å². The van der Waals surface area contributed by atoms with Gasteiger partial charge in [0.1, 0.15) is 18.7 Å². The second-order valence-corrected chi connectivity index (χ2v) is 15.6. The van der Waals surface area contributed by atoms with E-state index in [1.165, 1.54) is 4.90 Å². The van der Waals surface area contributed by atoms with Crippen molar-refractivity contribution in [2.75, 3.05) is 18.4 Å². The molecule has 14 heteroatoms. The van der Waals surface area contributed by atoms with Gasteiger partial charge >= 0.3 is 12.0 Å². The summed E-state index contributed by atoms with van der Waals surface area (Å²) < 4.78 is 5.43. The minimum absolute atomic E-state index is 0.0863. The third-order valence-corrected chi connectivity index (χ3v) is 9.47. The molecule has 1 aliphatic heterocycles. The molecule has 0 radical (unpaired) electrons. The maximum atomic E-state index is 13.5. The average molecular weight is 729 g/mol. The second-order valence-electron chi connectivity index (χ2n) is 15.6. The molecule has 1 aromatic rings. The first-order chi connectivity index (χ1) is 24.3. The number of nitrogens with one attached hydrogen (secondary N) is 4. The molecule has 2 rings (SSSR count). The Morgan fingerprint density at radius 3 is 2.13 bits per heavy atom. The fourth-order valence-corrected chi connectivity index (χ4v) is 5.56. The first-order valence-corrected chi connectivity index (χ1v) is 18.3. The van der Waals surface area contributed by atoms with Crippen LogP contribution in [-0.2, 0) is 40.1 Å². The SMILES string of the molecule is CCC(C)(C)C(=O)OCc1ccc(NC(=O)[C@H](CCCNC(N)=O)NC(=O)C(NC(=O)CCCCCN2C(=O)CC(C(C)(C)C)C2=O)C(C)C)cc1. The Morgan fingerprint density at radius 1 is 0.923 bits per heavy atom. The Hall–Kier alpha value is -4.49. The van der Waals surface area contributed by atoms with Gasteiger partial charge in [0.15, 0.2) is 0 Å². The molecule has 0 aliphatic carbocycles. The molecule has 2 unspecified atom stereocenters. The highest BCUT2D eigenvalue weighted by Gasteiger charge is 2.44. The van der Waals surface area contributed by atoms with Crippen molar-refractivity contribution >= 4 is 47.2 Å². The lowest BCUT2D eigenvalue weighted by molar-refractivity contribution is -0.155. The van der Waals surface area contributed by atoms with Crippen molar-refractivity contribution in [1.29, 1.82) is 0 Å². The Balaban J connectivity index is 1.95. The molecule has 6 N–H and O–H groups in total. The molecule has 0 aromatic heterocycles. The van der Waals surface area contributed by atoms with Gasteiger partial charge in [0.25, 0.3) is 0 Å². The summed E-state index contributed by atoms with van der Waals surface area (Å²) in [4.78, 5) is 89.7. The number of imide groups is 1. The third-order valence-electron chi connectivity index (χ3n) is 9.47. The fourth-order valence-electron chi connectivity index (χ4n) is 5.56. The number of nitrogens with zero attached hydrogens (tertiary/aromatic N) is 1. The number of hydrogen-bond donors (Lipinski definition) is 5. The number of carbonyl (C=O) groups excluding carboxylic acids is 7. The molecule has 1 saturated heterocycles. The van der Waals surface area contributed by atoms with E-state index in [2.05, 4.69) is 21.3 Å². The summed E-state index contributed by atoms with van der Waals surface area (Å²) in [6, 6.07) is 4.17. The predicted octanol–water partition coefficient (Wildman–Crippen LogP) is 4.16. The predicted molar refractivity (Wildman–Crippen MR) is 197 cm³/mol. The highest BCUT2D eigenvalue weighted by atomic mass is 16.5. The standard InChI is InChI=1S/C38H60N6O8/c1-9-38(7,8)35(50)52-23-25-16-18-26(19-17-25)41-32(47)28(14-13-20-40-36(39)51)42-33(48)31(24(2)3)43-29(45)15-11-10-12-21-44-30(46)22-27(34(44)49)37(4,5)6/h16-19,24,27-28,31H,9-15,20-23H2,1-8H3,(H,41,47)(H,42,48)(H,43,45)(H3,39,40,51)/t27?,28-,31?/m0/s1. The van der Waals surface area contributed by atoms with E-state index < -0.39 is 35.3 Å². The van der Waals surface area contributed by atoms with Crippen molar-refractivity contribution in [2.45, 2.75) is 125 Å². The number of benzene rings is 1. The molecule has 0 spiro atoms. The molecular formula is C38H60N6O8. The lowest BCUT2D eigenvalue weighted by atomic mass is 9.80. The van der Waals surface area contributed by atoms with E-state index >= 15 is 0 Å². The zero-order valence-corrected chi connectivity index (χ0v) is 32.2. The number of primary amides is 1. The number of unbranched alkanes of at least 4 members (excludes halogenated alkanes) is 2. The quantitative estimate of drug-likeness (QED) is 0.0747. The molecule has 290 valence electrons. The number of ether oxygens (including phenoxy) is 1. The fraction of sp³-hybridized carbons (Fsp3) is 0.658. The topological polar surface area (TPSA) is 206 Å². The minimum atomic E-state index is -0.994. The van der Waals surface area contributed by atoms with Crippen LogP contribution in [0.1, 0.15) is 112 Å². The minimum Gasteiger partial charge on any atom is -0.460 e. The molecule has 0 saturated carbocycles. The molecule has 7 amide bonds. The van der Waals surface area contributed by atoms with Crippen LogP contribution in [0, 0.1) is 22.7 Å². The lowest BCUT2D eigenvalue weighted by Crippen LogP contribution is -2.54. The summed E-state index contributed by atoms with van der Waals surface area (Å²) in [5.41, 5.74) is 5.49. The number of amides is 7. The first-order valence-electron chi connectivity index (χ1n) is 18.3. The monoisotopic (exact) mass is 728 g/mol. The van der Waals surface area contributed by atoms with Gasteiger partial charge in [0.2, 0.25) is 29.5 Å². The molecular weight excluding hydrogens is 668 g/mol. The van der Waals surface area contributed by atoms with Gasteiger partial charge < -0.3 is 31.7 Å². The van der Waals surface area contributed by atoms with Crippen molar-refractivity contribution in [3.63, 3.8) is 0 Å². The second kappa shape index (κ2) is 19.9. The maximum absolute atomic E-state index is 13.5. The van der Waals surface area contributed by atoms with Crippen LogP contribution in [0.5, 0.6) is 0 Å². The van der Waals surface area contributed by atoms with Gasteiger partial charge in [0, 0.05) is 31.6 Å². The lowest BCUT2D eigenvalue weighted by Gasteiger charge is -2.25. The molecule has 1 aliphatic rings. The number of esters is 1. The van der Waals surface area contributed by atoms with E-state index in [0.717, 1.165) is 5.56 Å². The summed E-state index contributed by atoms with van der Waals surface area (Å²) in [6.07, 6.45) is 3.23. The number of urea groups is 1. The number of nitrogens with two attached hydrogens (primary N) is 1. The molecule has 14 nitrogen and oxygen atoms in total. The summed E-state index contributed by atoms with van der Waals surface area (Å²) >= 11 is 0. The van der Waals surface area contributed by atoms with Crippen molar-refractivity contribution in [1.82, 2.24) is 20.9 Å². The Kier molecular flexibility index (Phi) is 16.7. The van der Waals surface area contributed by atoms with Crippen LogP contribution in [0.3, 0.4) is 0 Å². The van der Waals surface area contributed by atoms with E-state index in [-0.39, 0.29) is 73.4 Å². The Labute approximate surface area is 308 Å². The molecule has 3 atom stereocenters. The van der Waals surface area contributed by atoms with Crippen molar-refractivity contribution in [2.24, 2.45) is 28.4 Å². The zero-order chi connectivity index (χ0) is 39.2. The number of hydrogen-bond acceptors (Lipinski definition) is 8. The van der Waals surface area contributed by atoms with Crippen molar-refractivity contribution < 1.29 is 38.3 Å². The summed E-state index contributed by atoms with van der Waals surface area (Å²) in [7, 11) is 0. The largest absolute Gasteiger partial charge is 0.460 e. The van der Waals surface area contributed by atoms with Gasteiger partial charge in [-0.1, -0.05) is 60.1 Å². The first kappa shape index (κ1) is 43.7. The number of carbonyl (C=O) groups is 7. The molecule has 1 aromatic carbocycles. The highest BCUT2D eigenvalue weighted by molar-refractivity contribution is 6.04. The summed E-state index contributed by atoms with van der Waals surface area (Å²) in [5.74, 6) is -2.56. The van der Waals surface area contributed by atoms with Gasteiger partial charge in [0.05, 0.1) is 11.3 Å². The highest BCUT2D eigenvalue weighted by Crippen LogP contribution is 2.35. The molecule has 0 bridgehead atoms. The molecule has 1 heterocycles. The van der Waals surface area contributed by atoms with Crippen LogP contribution in [0.4, 0.5) is 10.5 Å². The number of likely N-dealkylation sites (tertiary alicyclic amines) is 1. The van der Waals surface area contributed by atoms with E-state index in [9.17, 15) is 33.6 Å². The Bertz CT molecular complexity index is 1420. The average Bonchev–Trinajstić information content (AvgIpc) is 3.36. The maximum Gasteiger partial charge on any atom is 0.312 e.